The van der Waals surface area contributed by atoms with Gasteiger partial charge in [0.25, 0.3) is 0 Å². The Morgan fingerprint density at radius 2 is 1.76 bits per heavy atom. The van der Waals surface area contributed by atoms with Crippen molar-refractivity contribution in [2.45, 2.75) is 45.3 Å². The maximum atomic E-state index is 11.9. The van der Waals surface area contributed by atoms with Crippen molar-refractivity contribution in [2.75, 3.05) is 13.7 Å². The third kappa shape index (κ3) is 6.04. The van der Waals surface area contributed by atoms with Crippen LogP contribution in [0.3, 0.4) is 0 Å². The zero-order chi connectivity index (χ0) is 16.1. The van der Waals surface area contributed by atoms with Crippen LogP contribution in [0, 0.1) is 0 Å². The van der Waals surface area contributed by atoms with Crippen LogP contribution in [-0.4, -0.2) is 30.9 Å². The number of nitrogens with two attached hydrogens (primary N) is 1. The Morgan fingerprint density at radius 3 is 2.19 bits per heavy atom. The third-order valence-electron chi connectivity index (χ3n) is 3.01. The molecular weight excluding hydrogens is 268 g/mol. The van der Waals surface area contributed by atoms with E-state index in [4.69, 9.17) is 15.2 Å². The summed E-state index contributed by atoms with van der Waals surface area (Å²) in [5.41, 5.74) is 5.81. The number of rotatable bonds is 5. The quantitative estimate of drug-likeness (QED) is 0.875. The maximum Gasteiger partial charge on any atom is 0.408 e. The lowest BCUT2D eigenvalue weighted by Gasteiger charge is -2.31. The number of hydrogen-bond acceptors (Lipinski definition) is 4. The van der Waals surface area contributed by atoms with Crippen LogP contribution in [0.25, 0.3) is 0 Å². The molecule has 1 aromatic carbocycles. The molecule has 1 rings (SSSR count). The molecule has 5 heteroatoms. The van der Waals surface area contributed by atoms with E-state index in [1.54, 1.807) is 7.11 Å². The Labute approximate surface area is 126 Å². The van der Waals surface area contributed by atoms with E-state index >= 15 is 0 Å². The number of hydrogen-bond donors (Lipinski definition) is 2. The van der Waals surface area contributed by atoms with Gasteiger partial charge in [-0.05, 0) is 51.8 Å². The van der Waals surface area contributed by atoms with Crippen LogP contribution in [0.2, 0.25) is 0 Å². The van der Waals surface area contributed by atoms with Crippen LogP contribution in [0.5, 0.6) is 5.75 Å². The molecule has 0 radical (unpaired) electrons. The summed E-state index contributed by atoms with van der Waals surface area (Å²) in [6.45, 7) is 7.71. The van der Waals surface area contributed by atoms with E-state index in [1.807, 2.05) is 52.0 Å². The number of amides is 1. The molecule has 0 heterocycles. The first-order valence-electron chi connectivity index (χ1n) is 7.02. The summed E-state index contributed by atoms with van der Waals surface area (Å²) in [4.78, 5) is 11.9. The van der Waals surface area contributed by atoms with Crippen molar-refractivity contribution in [3.05, 3.63) is 29.8 Å². The standard InChI is InChI=1S/C16H26N2O3/c1-15(2,3)21-14(19)18-16(4,11-17)10-12-6-8-13(20-5)9-7-12/h6-9H,10-11,17H2,1-5H3,(H,18,19). The van der Waals surface area contributed by atoms with Gasteiger partial charge in [0, 0.05) is 6.54 Å². The number of carbonyl (C=O) groups excluding carboxylic acids is 1. The Balaban J connectivity index is 2.72. The normalized spacial score (nSPS) is 14.2. The summed E-state index contributed by atoms with van der Waals surface area (Å²) in [7, 11) is 1.63. The fourth-order valence-corrected chi connectivity index (χ4v) is 1.91. The lowest BCUT2D eigenvalue weighted by molar-refractivity contribution is 0.0467. The van der Waals surface area contributed by atoms with Gasteiger partial charge in [0.05, 0.1) is 12.6 Å². The molecule has 1 aromatic rings. The molecular formula is C16H26N2O3. The van der Waals surface area contributed by atoms with Crippen LogP contribution in [0.4, 0.5) is 4.79 Å². The highest BCUT2D eigenvalue weighted by molar-refractivity contribution is 5.68. The molecule has 0 saturated carbocycles. The van der Waals surface area contributed by atoms with Crippen LogP contribution < -0.4 is 15.8 Å². The minimum atomic E-state index is -0.559. The summed E-state index contributed by atoms with van der Waals surface area (Å²) in [6.07, 6.45) is 0.163. The molecule has 1 unspecified atom stereocenters. The zero-order valence-corrected chi connectivity index (χ0v) is 13.5. The van der Waals surface area contributed by atoms with Crippen molar-refractivity contribution in [3.63, 3.8) is 0 Å². The van der Waals surface area contributed by atoms with Crippen LogP contribution >= 0.6 is 0 Å². The minimum absolute atomic E-state index is 0.318. The Bertz CT molecular complexity index is 465. The highest BCUT2D eigenvalue weighted by Gasteiger charge is 2.28. The van der Waals surface area contributed by atoms with E-state index in [0.717, 1.165) is 11.3 Å². The number of ether oxygens (including phenoxy) is 2. The van der Waals surface area contributed by atoms with Gasteiger partial charge < -0.3 is 20.5 Å². The predicted octanol–water partition coefficient (Wildman–Crippen LogP) is 2.48. The molecule has 0 saturated heterocycles. The van der Waals surface area contributed by atoms with Gasteiger partial charge in [0.2, 0.25) is 0 Å². The largest absolute Gasteiger partial charge is 0.497 e. The molecule has 0 bridgehead atoms. The van der Waals surface area contributed by atoms with Crippen molar-refractivity contribution in [2.24, 2.45) is 5.73 Å². The fraction of sp³-hybridized carbons (Fsp3) is 0.562. The summed E-state index contributed by atoms with van der Waals surface area (Å²) in [5, 5.41) is 2.86. The molecule has 118 valence electrons. The average molecular weight is 294 g/mol. The molecule has 0 aliphatic carbocycles. The van der Waals surface area contributed by atoms with Gasteiger partial charge in [0.1, 0.15) is 11.4 Å². The molecule has 21 heavy (non-hydrogen) atoms. The molecule has 0 spiro atoms. The number of benzene rings is 1. The first-order valence-corrected chi connectivity index (χ1v) is 7.02. The van der Waals surface area contributed by atoms with E-state index < -0.39 is 17.2 Å². The molecule has 5 nitrogen and oxygen atoms in total. The second kappa shape index (κ2) is 6.80. The molecule has 0 aliphatic rings. The number of nitrogens with one attached hydrogen (secondary N) is 1. The number of carbonyl (C=O) groups is 1. The lowest BCUT2D eigenvalue weighted by atomic mass is 9.93. The molecule has 1 amide bonds. The molecule has 0 aromatic heterocycles. The van der Waals surface area contributed by atoms with Crippen molar-refractivity contribution < 1.29 is 14.3 Å². The second-order valence-corrected chi connectivity index (χ2v) is 6.42. The smallest absolute Gasteiger partial charge is 0.408 e. The Hall–Kier alpha value is -1.75. The van der Waals surface area contributed by atoms with E-state index in [0.29, 0.717) is 13.0 Å². The van der Waals surface area contributed by atoms with E-state index in [9.17, 15) is 4.79 Å². The lowest BCUT2D eigenvalue weighted by Crippen LogP contribution is -2.54. The van der Waals surface area contributed by atoms with Gasteiger partial charge in [-0.2, -0.15) is 0 Å². The number of alkyl carbamates (subject to hydrolysis) is 1. The number of methoxy groups -OCH3 is 1. The Kier molecular flexibility index (Phi) is 5.61. The first kappa shape index (κ1) is 17.3. The molecule has 0 aliphatic heterocycles. The summed E-state index contributed by atoms with van der Waals surface area (Å²) >= 11 is 0. The van der Waals surface area contributed by atoms with Crippen molar-refractivity contribution in [1.29, 1.82) is 0 Å². The fourth-order valence-electron chi connectivity index (χ4n) is 1.91. The highest BCUT2D eigenvalue weighted by Crippen LogP contribution is 2.17. The highest BCUT2D eigenvalue weighted by atomic mass is 16.6. The Morgan fingerprint density at radius 1 is 1.19 bits per heavy atom. The van der Waals surface area contributed by atoms with Crippen molar-refractivity contribution in [3.8, 4) is 5.75 Å². The minimum Gasteiger partial charge on any atom is -0.497 e. The second-order valence-electron chi connectivity index (χ2n) is 6.42. The SMILES string of the molecule is COc1ccc(CC(C)(CN)NC(=O)OC(C)(C)C)cc1. The molecule has 0 fully saturated rings. The maximum absolute atomic E-state index is 11.9. The predicted molar refractivity (Wildman–Crippen MR) is 83.5 cm³/mol. The van der Waals surface area contributed by atoms with Crippen LogP contribution in [-0.2, 0) is 11.2 Å². The van der Waals surface area contributed by atoms with Crippen LogP contribution in [0.1, 0.15) is 33.3 Å². The van der Waals surface area contributed by atoms with Gasteiger partial charge in [-0.25, -0.2) is 4.79 Å². The third-order valence-corrected chi connectivity index (χ3v) is 3.01. The average Bonchev–Trinajstić information content (AvgIpc) is 2.37. The van der Waals surface area contributed by atoms with Gasteiger partial charge in [0.15, 0.2) is 0 Å². The van der Waals surface area contributed by atoms with Gasteiger partial charge in [-0.15, -0.1) is 0 Å². The van der Waals surface area contributed by atoms with E-state index in [2.05, 4.69) is 5.32 Å². The monoisotopic (exact) mass is 294 g/mol. The topological polar surface area (TPSA) is 73.6 Å². The summed E-state index contributed by atoms with van der Waals surface area (Å²) in [5.74, 6) is 0.799. The van der Waals surface area contributed by atoms with E-state index in [1.165, 1.54) is 0 Å². The zero-order valence-electron chi connectivity index (χ0n) is 13.5. The summed E-state index contributed by atoms with van der Waals surface area (Å²) < 4.78 is 10.4. The summed E-state index contributed by atoms with van der Waals surface area (Å²) in [6, 6.07) is 7.70. The van der Waals surface area contributed by atoms with Crippen LogP contribution in [0.15, 0.2) is 24.3 Å². The van der Waals surface area contributed by atoms with Gasteiger partial charge >= 0.3 is 6.09 Å². The van der Waals surface area contributed by atoms with E-state index in [-0.39, 0.29) is 0 Å². The first-order chi connectivity index (χ1) is 9.67. The molecule has 1 atom stereocenters. The molecule has 3 N–H and O–H groups in total. The van der Waals surface area contributed by atoms with Crippen molar-refractivity contribution >= 4 is 6.09 Å². The van der Waals surface area contributed by atoms with Gasteiger partial charge in [-0.1, -0.05) is 12.1 Å². The van der Waals surface area contributed by atoms with Crippen molar-refractivity contribution in [1.82, 2.24) is 5.32 Å². The van der Waals surface area contributed by atoms with Gasteiger partial charge in [-0.3, -0.25) is 0 Å².